The van der Waals surface area contributed by atoms with Gasteiger partial charge >= 0.3 is 0 Å². The van der Waals surface area contributed by atoms with E-state index in [0.29, 0.717) is 12.8 Å². The maximum atomic E-state index is 12.2. The molecule has 2 aromatic rings. The zero-order chi connectivity index (χ0) is 16.4. The normalized spacial score (nSPS) is 19.7. The molecule has 5 heteroatoms. The molecule has 4 nitrogen and oxygen atoms in total. The van der Waals surface area contributed by atoms with Crippen molar-refractivity contribution in [1.29, 1.82) is 0 Å². The Hall–Kier alpha value is -2.01. The van der Waals surface area contributed by atoms with Crippen molar-refractivity contribution in [2.75, 3.05) is 12.4 Å². The number of carbonyl (C=O) groups is 1. The van der Waals surface area contributed by atoms with Crippen molar-refractivity contribution >= 4 is 27.5 Å². The van der Waals surface area contributed by atoms with Crippen molar-refractivity contribution in [3.63, 3.8) is 0 Å². The molecule has 0 radical (unpaired) electrons. The van der Waals surface area contributed by atoms with Crippen LogP contribution in [0, 0.1) is 0 Å². The third-order valence-corrected chi connectivity index (χ3v) is 4.90. The highest BCUT2D eigenvalue weighted by atomic mass is 79.9. The number of fused-ring (bicyclic) bond motifs is 1. The first-order chi connectivity index (χ1) is 11.0. The van der Waals surface area contributed by atoms with E-state index in [1.807, 2.05) is 42.5 Å². The third-order valence-electron chi connectivity index (χ3n) is 4.41. The molecule has 3 N–H and O–H groups in total. The van der Waals surface area contributed by atoms with Crippen LogP contribution in [0.3, 0.4) is 0 Å². The first kappa shape index (κ1) is 15.9. The number of methoxy groups -OCH3 is 1. The molecule has 1 atom stereocenters. The number of nitrogens with two attached hydrogens (primary N) is 1. The van der Waals surface area contributed by atoms with E-state index in [1.165, 1.54) is 5.56 Å². The standard InChI is InChI=1S/C18H19BrN2O2/c1-23-16-6-5-13-11-18(17(20)22,8-7-12(13)9-16)21-15-4-2-3-14(19)10-15/h2-6,9-10,21H,7-8,11H2,1H3,(H2,20,22). The van der Waals surface area contributed by atoms with Gasteiger partial charge in [-0.15, -0.1) is 0 Å². The molecular weight excluding hydrogens is 356 g/mol. The largest absolute Gasteiger partial charge is 0.497 e. The van der Waals surface area contributed by atoms with Crippen molar-refractivity contribution in [3.8, 4) is 5.75 Å². The summed E-state index contributed by atoms with van der Waals surface area (Å²) >= 11 is 3.45. The molecule has 0 bridgehead atoms. The van der Waals surface area contributed by atoms with Crippen LogP contribution in [0.15, 0.2) is 46.9 Å². The molecule has 23 heavy (non-hydrogen) atoms. The van der Waals surface area contributed by atoms with E-state index in [2.05, 4.69) is 21.2 Å². The molecule has 120 valence electrons. The average Bonchev–Trinajstić information content (AvgIpc) is 2.54. The van der Waals surface area contributed by atoms with Gasteiger partial charge in [-0.2, -0.15) is 0 Å². The second kappa shape index (κ2) is 6.24. The zero-order valence-corrected chi connectivity index (χ0v) is 14.5. The van der Waals surface area contributed by atoms with Crippen molar-refractivity contribution in [2.24, 2.45) is 5.73 Å². The Morgan fingerprint density at radius 3 is 2.78 bits per heavy atom. The lowest BCUT2D eigenvalue weighted by atomic mass is 9.77. The highest BCUT2D eigenvalue weighted by Crippen LogP contribution is 2.34. The minimum absolute atomic E-state index is 0.320. The van der Waals surface area contributed by atoms with Gasteiger partial charge in [0.1, 0.15) is 11.3 Å². The van der Waals surface area contributed by atoms with Crippen molar-refractivity contribution in [2.45, 2.75) is 24.8 Å². The summed E-state index contributed by atoms with van der Waals surface area (Å²) in [6.45, 7) is 0. The van der Waals surface area contributed by atoms with Gasteiger partial charge in [0.15, 0.2) is 0 Å². The smallest absolute Gasteiger partial charge is 0.243 e. The Morgan fingerprint density at radius 1 is 1.26 bits per heavy atom. The van der Waals surface area contributed by atoms with E-state index in [0.717, 1.165) is 27.9 Å². The molecule has 3 rings (SSSR count). The third kappa shape index (κ3) is 3.20. The molecular formula is C18H19BrN2O2. The van der Waals surface area contributed by atoms with Gasteiger partial charge < -0.3 is 15.8 Å². The minimum Gasteiger partial charge on any atom is -0.497 e. The van der Waals surface area contributed by atoms with Gasteiger partial charge in [0.2, 0.25) is 5.91 Å². The maximum absolute atomic E-state index is 12.2. The van der Waals surface area contributed by atoms with Crippen LogP contribution in [0.5, 0.6) is 5.75 Å². The number of nitrogens with one attached hydrogen (secondary N) is 1. The van der Waals surface area contributed by atoms with E-state index >= 15 is 0 Å². The molecule has 2 aromatic carbocycles. The van der Waals surface area contributed by atoms with Gasteiger partial charge in [0, 0.05) is 16.6 Å². The summed E-state index contributed by atoms with van der Waals surface area (Å²) in [5, 5.41) is 3.37. The lowest BCUT2D eigenvalue weighted by Crippen LogP contribution is -2.54. The van der Waals surface area contributed by atoms with Crippen LogP contribution in [-0.2, 0) is 17.6 Å². The number of halogens is 1. The minimum atomic E-state index is -0.762. The summed E-state index contributed by atoms with van der Waals surface area (Å²) in [5.41, 5.74) is 8.24. The SMILES string of the molecule is COc1ccc2c(c1)CCC(Nc1cccc(Br)c1)(C(N)=O)C2. The van der Waals surface area contributed by atoms with Gasteiger partial charge in [0.25, 0.3) is 0 Å². The molecule has 1 aliphatic rings. The van der Waals surface area contributed by atoms with Crippen LogP contribution in [0.25, 0.3) is 0 Å². The predicted molar refractivity (Wildman–Crippen MR) is 94.7 cm³/mol. The van der Waals surface area contributed by atoms with Gasteiger partial charge in [-0.3, -0.25) is 4.79 Å². The summed E-state index contributed by atoms with van der Waals surface area (Å²) in [6, 6.07) is 13.8. The summed E-state index contributed by atoms with van der Waals surface area (Å²) in [5.74, 6) is 0.522. The Balaban J connectivity index is 1.92. The molecule has 0 fully saturated rings. The monoisotopic (exact) mass is 374 g/mol. The zero-order valence-electron chi connectivity index (χ0n) is 12.9. The van der Waals surface area contributed by atoms with E-state index < -0.39 is 5.54 Å². The number of rotatable bonds is 4. The summed E-state index contributed by atoms with van der Waals surface area (Å²) in [7, 11) is 1.66. The van der Waals surface area contributed by atoms with Crippen LogP contribution in [0.2, 0.25) is 0 Å². The maximum Gasteiger partial charge on any atom is 0.243 e. The van der Waals surface area contributed by atoms with Gasteiger partial charge in [-0.1, -0.05) is 28.1 Å². The lowest BCUT2D eigenvalue weighted by Gasteiger charge is -2.37. The molecule has 1 unspecified atom stereocenters. The van der Waals surface area contributed by atoms with E-state index in [-0.39, 0.29) is 5.91 Å². The summed E-state index contributed by atoms with van der Waals surface area (Å²) in [4.78, 5) is 12.2. The van der Waals surface area contributed by atoms with Crippen molar-refractivity contribution in [3.05, 3.63) is 58.1 Å². The Labute approximate surface area is 144 Å². The molecule has 0 spiro atoms. The van der Waals surface area contributed by atoms with Gasteiger partial charge in [-0.05, 0) is 54.3 Å². The highest BCUT2D eigenvalue weighted by Gasteiger charge is 2.40. The number of anilines is 1. The van der Waals surface area contributed by atoms with Crippen LogP contribution in [-0.4, -0.2) is 18.6 Å². The topological polar surface area (TPSA) is 64.3 Å². The molecule has 0 saturated heterocycles. The molecule has 1 aliphatic carbocycles. The van der Waals surface area contributed by atoms with Crippen LogP contribution in [0.1, 0.15) is 17.5 Å². The second-order valence-corrected chi connectivity index (χ2v) is 6.81. The Bertz CT molecular complexity index is 748. The number of amides is 1. The van der Waals surface area contributed by atoms with Crippen LogP contribution in [0.4, 0.5) is 5.69 Å². The lowest BCUT2D eigenvalue weighted by molar-refractivity contribution is -0.122. The Kier molecular flexibility index (Phi) is 4.31. The first-order valence-corrected chi connectivity index (χ1v) is 8.31. The second-order valence-electron chi connectivity index (χ2n) is 5.89. The van der Waals surface area contributed by atoms with E-state index in [9.17, 15) is 4.79 Å². The number of aryl methyl sites for hydroxylation is 1. The average molecular weight is 375 g/mol. The number of hydrogen-bond donors (Lipinski definition) is 2. The molecule has 0 aliphatic heterocycles. The quantitative estimate of drug-likeness (QED) is 0.862. The number of benzene rings is 2. The van der Waals surface area contributed by atoms with Gasteiger partial charge in [-0.25, -0.2) is 0 Å². The first-order valence-electron chi connectivity index (χ1n) is 7.52. The Morgan fingerprint density at radius 2 is 2.09 bits per heavy atom. The number of carbonyl (C=O) groups excluding carboxylic acids is 1. The summed E-state index contributed by atoms with van der Waals surface area (Å²) in [6.07, 6.45) is 2.03. The van der Waals surface area contributed by atoms with Crippen LogP contribution >= 0.6 is 15.9 Å². The van der Waals surface area contributed by atoms with Crippen molar-refractivity contribution in [1.82, 2.24) is 0 Å². The molecule has 0 aromatic heterocycles. The van der Waals surface area contributed by atoms with E-state index in [4.69, 9.17) is 10.5 Å². The number of ether oxygens (including phenoxy) is 1. The molecule has 1 amide bonds. The fourth-order valence-electron chi connectivity index (χ4n) is 3.12. The van der Waals surface area contributed by atoms with Crippen LogP contribution < -0.4 is 15.8 Å². The fourth-order valence-corrected chi connectivity index (χ4v) is 3.52. The van der Waals surface area contributed by atoms with Crippen molar-refractivity contribution < 1.29 is 9.53 Å². The van der Waals surface area contributed by atoms with E-state index in [1.54, 1.807) is 7.11 Å². The predicted octanol–water partition coefficient (Wildman–Crippen LogP) is 3.28. The molecule has 0 heterocycles. The highest BCUT2D eigenvalue weighted by molar-refractivity contribution is 9.10. The summed E-state index contributed by atoms with van der Waals surface area (Å²) < 4.78 is 6.24. The number of hydrogen-bond acceptors (Lipinski definition) is 3. The number of primary amides is 1. The fraction of sp³-hybridized carbons (Fsp3) is 0.278. The molecule has 0 saturated carbocycles. The van der Waals surface area contributed by atoms with Gasteiger partial charge in [0.05, 0.1) is 7.11 Å².